The predicted molar refractivity (Wildman–Crippen MR) is 91.0 cm³/mol. The first kappa shape index (κ1) is 16.7. The summed E-state index contributed by atoms with van der Waals surface area (Å²) < 4.78 is 0. The smallest absolute Gasteiger partial charge is 0.279 e. The first-order valence-corrected chi connectivity index (χ1v) is 7.60. The molecule has 5 nitrogen and oxygen atoms in total. The van der Waals surface area contributed by atoms with E-state index in [1.807, 2.05) is 23.5 Å². The molecule has 1 atom stereocenters. The molecule has 0 aromatic heterocycles. The van der Waals surface area contributed by atoms with Crippen LogP contribution in [0.15, 0.2) is 54.6 Å². The number of quaternary nitrogens is 1. The summed E-state index contributed by atoms with van der Waals surface area (Å²) in [7, 11) is 0. The average molecular weight is 312 g/mol. The molecule has 0 aliphatic rings. The Hall–Kier alpha value is -2.66. The van der Waals surface area contributed by atoms with Crippen LogP contribution in [0.4, 0.5) is 11.4 Å². The first-order chi connectivity index (χ1) is 11.0. The number of nitrogens with two attached hydrogens (primary N) is 1. The van der Waals surface area contributed by atoms with Gasteiger partial charge in [0, 0.05) is 23.9 Å². The van der Waals surface area contributed by atoms with E-state index in [-0.39, 0.29) is 17.9 Å². The summed E-state index contributed by atoms with van der Waals surface area (Å²) >= 11 is 0. The van der Waals surface area contributed by atoms with Gasteiger partial charge in [-0.1, -0.05) is 30.3 Å². The fourth-order valence-electron chi connectivity index (χ4n) is 2.23. The SMILES string of the molecule is CC(=O)Nc1ccc(NC(=O)C[NH2+][C@H](C)c2ccccc2)cc1. The van der Waals surface area contributed by atoms with E-state index in [0.29, 0.717) is 17.9 Å². The second-order valence-corrected chi connectivity index (χ2v) is 5.45. The number of amides is 2. The molecule has 0 aliphatic carbocycles. The number of hydrogen-bond donors (Lipinski definition) is 3. The van der Waals surface area contributed by atoms with E-state index in [4.69, 9.17) is 0 Å². The van der Waals surface area contributed by atoms with Crippen molar-refractivity contribution in [3.05, 3.63) is 60.2 Å². The number of rotatable bonds is 6. The van der Waals surface area contributed by atoms with Crippen molar-refractivity contribution in [2.24, 2.45) is 0 Å². The van der Waals surface area contributed by atoms with Crippen LogP contribution in [-0.4, -0.2) is 18.4 Å². The van der Waals surface area contributed by atoms with E-state index in [2.05, 4.69) is 29.7 Å². The molecule has 0 saturated heterocycles. The lowest BCUT2D eigenvalue weighted by atomic mass is 10.1. The third-order valence-corrected chi connectivity index (χ3v) is 3.47. The highest BCUT2D eigenvalue weighted by Crippen LogP contribution is 2.13. The van der Waals surface area contributed by atoms with Crippen molar-refractivity contribution >= 4 is 23.2 Å². The molecule has 120 valence electrons. The molecule has 0 spiro atoms. The molecule has 2 amide bonds. The summed E-state index contributed by atoms with van der Waals surface area (Å²) in [5.41, 5.74) is 2.62. The van der Waals surface area contributed by atoms with E-state index in [1.165, 1.54) is 12.5 Å². The van der Waals surface area contributed by atoms with Crippen LogP contribution in [0.1, 0.15) is 25.5 Å². The van der Waals surface area contributed by atoms with Gasteiger partial charge in [0.25, 0.3) is 5.91 Å². The number of hydrogen-bond acceptors (Lipinski definition) is 2. The molecule has 0 radical (unpaired) electrons. The van der Waals surface area contributed by atoms with E-state index >= 15 is 0 Å². The highest BCUT2D eigenvalue weighted by molar-refractivity contribution is 5.92. The van der Waals surface area contributed by atoms with Gasteiger partial charge < -0.3 is 16.0 Å². The third kappa shape index (κ3) is 5.56. The molecule has 0 bridgehead atoms. The molecule has 23 heavy (non-hydrogen) atoms. The molecule has 2 aromatic rings. The molecule has 0 fully saturated rings. The van der Waals surface area contributed by atoms with Crippen LogP contribution in [-0.2, 0) is 9.59 Å². The average Bonchev–Trinajstić information content (AvgIpc) is 2.55. The second-order valence-electron chi connectivity index (χ2n) is 5.45. The van der Waals surface area contributed by atoms with Crippen molar-refractivity contribution in [2.45, 2.75) is 19.9 Å². The van der Waals surface area contributed by atoms with Crippen LogP contribution in [0.2, 0.25) is 0 Å². The van der Waals surface area contributed by atoms with Crippen LogP contribution < -0.4 is 16.0 Å². The van der Waals surface area contributed by atoms with Crippen molar-refractivity contribution in [1.29, 1.82) is 0 Å². The van der Waals surface area contributed by atoms with Gasteiger partial charge in [0.1, 0.15) is 6.04 Å². The highest BCUT2D eigenvalue weighted by Gasteiger charge is 2.11. The molecule has 5 heteroatoms. The Morgan fingerprint density at radius 1 is 0.957 bits per heavy atom. The maximum Gasteiger partial charge on any atom is 0.279 e. The van der Waals surface area contributed by atoms with Crippen LogP contribution in [0.5, 0.6) is 0 Å². The van der Waals surface area contributed by atoms with Gasteiger partial charge in [-0.15, -0.1) is 0 Å². The van der Waals surface area contributed by atoms with Gasteiger partial charge in [-0.3, -0.25) is 9.59 Å². The summed E-state index contributed by atoms with van der Waals surface area (Å²) in [6.07, 6.45) is 0. The summed E-state index contributed by atoms with van der Waals surface area (Å²) in [6.45, 7) is 3.88. The summed E-state index contributed by atoms with van der Waals surface area (Å²) in [4.78, 5) is 23.0. The lowest BCUT2D eigenvalue weighted by Crippen LogP contribution is -2.86. The highest BCUT2D eigenvalue weighted by atomic mass is 16.2. The van der Waals surface area contributed by atoms with Crippen molar-refractivity contribution in [3.63, 3.8) is 0 Å². The Morgan fingerprint density at radius 2 is 1.52 bits per heavy atom. The number of nitrogens with one attached hydrogen (secondary N) is 2. The maximum absolute atomic E-state index is 12.0. The van der Waals surface area contributed by atoms with E-state index < -0.39 is 0 Å². The summed E-state index contributed by atoms with van der Waals surface area (Å²) in [6, 6.07) is 17.4. The number of carbonyl (C=O) groups is 2. The van der Waals surface area contributed by atoms with Crippen LogP contribution in [0, 0.1) is 0 Å². The Balaban J connectivity index is 1.81. The Morgan fingerprint density at radius 3 is 2.09 bits per heavy atom. The van der Waals surface area contributed by atoms with E-state index in [0.717, 1.165) is 0 Å². The normalized spacial score (nSPS) is 11.6. The maximum atomic E-state index is 12.0. The molecular weight excluding hydrogens is 290 g/mol. The topological polar surface area (TPSA) is 74.8 Å². The predicted octanol–water partition coefficient (Wildman–Crippen LogP) is 1.91. The zero-order chi connectivity index (χ0) is 16.7. The molecule has 4 N–H and O–H groups in total. The minimum absolute atomic E-state index is 0.0555. The molecule has 2 rings (SSSR count). The largest absolute Gasteiger partial charge is 0.333 e. The lowest BCUT2D eigenvalue weighted by molar-refractivity contribution is -0.682. The fourth-order valence-corrected chi connectivity index (χ4v) is 2.23. The zero-order valence-electron chi connectivity index (χ0n) is 13.4. The molecule has 2 aromatic carbocycles. The van der Waals surface area contributed by atoms with Gasteiger partial charge in [-0.2, -0.15) is 0 Å². The van der Waals surface area contributed by atoms with Crippen LogP contribution in [0.3, 0.4) is 0 Å². The van der Waals surface area contributed by atoms with Crippen molar-refractivity contribution in [2.75, 3.05) is 17.2 Å². The molecule has 0 aliphatic heterocycles. The molecular formula is C18H22N3O2+. The van der Waals surface area contributed by atoms with Gasteiger partial charge in [0.2, 0.25) is 5.91 Å². The van der Waals surface area contributed by atoms with Crippen molar-refractivity contribution < 1.29 is 14.9 Å². The van der Waals surface area contributed by atoms with Gasteiger partial charge >= 0.3 is 0 Å². The van der Waals surface area contributed by atoms with Crippen LogP contribution >= 0.6 is 0 Å². The molecule has 0 unspecified atom stereocenters. The van der Waals surface area contributed by atoms with Gasteiger partial charge in [-0.05, 0) is 31.2 Å². The van der Waals surface area contributed by atoms with Crippen molar-refractivity contribution in [3.8, 4) is 0 Å². The van der Waals surface area contributed by atoms with Crippen LogP contribution in [0.25, 0.3) is 0 Å². The standard InChI is InChI=1S/C18H21N3O2/c1-13(15-6-4-3-5-7-15)19-12-18(23)21-17-10-8-16(9-11-17)20-14(2)22/h3-11,13,19H,12H2,1-2H3,(H,20,22)(H,21,23)/p+1/t13-/m1/s1. The fraction of sp³-hybridized carbons (Fsp3) is 0.222. The number of anilines is 2. The minimum Gasteiger partial charge on any atom is -0.333 e. The second kappa shape index (κ2) is 8.10. The van der Waals surface area contributed by atoms with E-state index in [1.54, 1.807) is 24.3 Å². The lowest BCUT2D eigenvalue weighted by Gasteiger charge is -2.11. The Bertz CT molecular complexity index is 654. The first-order valence-electron chi connectivity index (χ1n) is 7.60. The molecule has 0 saturated carbocycles. The number of benzene rings is 2. The third-order valence-electron chi connectivity index (χ3n) is 3.47. The minimum atomic E-state index is -0.119. The summed E-state index contributed by atoms with van der Waals surface area (Å²) in [5.74, 6) is -0.175. The van der Waals surface area contributed by atoms with Gasteiger partial charge in [0.15, 0.2) is 6.54 Å². The molecule has 0 heterocycles. The Labute approximate surface area is 136 Å². The van der Waals surface area contributed by atoms with Gasteiger partial charge in [-0.25, -0.2) is 0 Å². The Kier molecular flexibility index (Phi) is 5.88. The quantitative estimate of drug-likeness (QED) is 0.762. The zero-order valence-corrected chi connectivity index (χ0v) is 13.4. The monoisotopic (exact) mass is 312 g/mol. The van der Waals surface area contributed by atoms with E-state index in [9.17, 15) is 9.59 Å². The summed E-state index contributed by atoms with van der Waals surface area (Å²) in [5, 5.41) is 7.53. The van der Waals surface area contributed by atoms with Crippen molar-refractivity contribution in [1.82, 2.24) is 0 Å². The van der Waals surface area contributed by atoms with Gasteiger partial charge in [0.05, 0.1) is 0 Å². The number of carbonyl (C=O) groups excluding carboxylic acids is 2.